The highest BCUT2D eigenvalue weighted by Crippen LogP contribution is 2.44. The van der Waals surface area contributed by atoms with Crippen LogP contribution in [0.15, 0.2) is 63.6 Å². The van der Waals surface area contributed by atoms with E-state index in [2.05, 4.69) is 44.5 Å². The Balaban J connectivity index is 1.23. The molecule has 0 radical (unpaired) electrons. The summed E-state index contributed by atoms with van der Waals surface area (Å²) in [6.45, 7) is 7.93. The molecular weight excluding hydrogens is 537 g/mol. The van der Waals surface area contributed by atoms with Gasteiger partial charge in [0.25, 0.3) is 5.56 Å². The molecule has 1 amide bonds. The van der Waals surface area contributed by atoms with Gasteiger partial charge >= 0.3 is 18.9 Å². The molecule has 6 rings (SSSR count). The van der Waals surface area contributed by atoms with Gasteiger partial charge in [0.15, 0.2) is 5.65 Å². The zero-order valence-electron chi connectivity index (χ0n) is 24.1. The summed E-state index contributed by atoms with van der Waals surface area (Å²) in [5.74, 6) is 0.234. The van der Waals surface area contributed by atoms with Crippen LogP contribution in [0.4, 0.5) is 4.79 Å². The first-order valence-electron chi connectivity index (χ1n) is 13.8. The standard InChI is InChI=1S/C30H32BN5O6/c1-29(2)30(3,4)42-31(41-29)17(14-23-33-24-25(34-23)36(5)27(38)35-26(24)37)15-32-28(39)40-16-22-20-12-8-6-10-18(20)19-11-7-9-13-21(19)22/h6-14,22H,15-16H2,1-5H3,(H,32,39)(H,33,34)(H,35,37,38). The molecule has 2 aromatic heterocycles. The Morgan fingerprint density at radius 2 is 1.62 bits per heavy atom. The molecule has 1 aliphatic heterocycles. The summed E-state index contributed by atoms with van der Waals surface area (Å²) in [4.78, 5) is 47.0. The predicted octanol–water partition coefficient (Wildman–Crippen LogP) is 3.50. The van der Waals surface area contributed by atoms with Crippen molar-refractivity contribution in [2.75, 3.05) is 13.2 Å². The van der Waals surface area contributed by atoms with Crippen LogP contribution < -0.4 is 16.6 Å². The monoisotopic (exact) mass is 569 g/mol. The van der Waals surface area contributed by atoms with Crippen LogP contribution in [0.5, 0.6) is 0 Å². The van der Waals surface area contributed by atoms with Gasteiger partial charge in [0, 0.05) is 19.5 Å². The van der Waals surface area contributed by atoms with Gasteiger partial charge < -0.3 is 24.3 Å². The van der Waals surface area contributed by atoms with Gasteiger partial charge in [-0.15, -0.1) is 0 Å². The van der Waals surface area contributed by atoms with Crippen LogP contribution in [0.1, 0.15) is 50.6 Å². The molecule has 2 aliphatic rings. The summed E-state index contributed by atoms with van der Waals surface area (Å²) in [5, 5.41) is 2.82. The van der Waals surface area contributed by atoms with Crippen LogP contribution in [0, 0.1) is 0 Å². The van der Waals surface area contributed by atoms with E-state index in [0.29, 0.717) is 11.3 Å². The van der Waals surface area contributed by atoms with E-state index in [1.807, 2.05) is 52.0 Å². The van der Waals surface area contributed by atoms with E-state index >= 15 is 0 Å². The third kappa shape index (κ3) is 4.76. The zero-order valence-corrected chi connectivity index (χ0v) is 24.1. The fraction of sp³-hybridized carbons (Fsp3) is 0.333. The molecule has 0 unspecified atom stereocenters. The Morgan fingerprint density at radius 3 is 2.24 bits per heavy atom. The van der Waals surface area contributed by atoms with Crippen LogP contribution >= 0.6 is 0 Å². The molecule has 42 heavy (non-hydrogen) atoms. The number of imidazole rings is 1. The van der Waals surface area contributed by atoms with Gasteiger partial charge in [0.2, 0.25) is 0 Å². The highest BCUT2D eigenvalue weighted by atomic mass is 16.7. The van der Waals surface area contributed by atoms with Crippen molar-refractivity contribution in [1.82, 2.24) is 24.8 Å². The number of alkyl carbamates (subject to hydrolysis) is 1. The van der Waals surface area contributed by atoms with Crippen LogP contribution in [0.25, 0.3) is 28.4 Å². The lowest BCUT2D eigenvalue weighted by Gasteiger charge is -2.32. The van der Waals surface area contributed by atoms with E-state index in [1.54, 1.807) is 6.08 Å². The smallest absolute Gasteiger partial charge is 0.449 e. The first-order valence-corrected chi connectivity index (χ1v) is 13.8. The summed E-state index contributed by atoms with van der Waals surface area (Å²) in [5.41, 5.74) is 3.04. The van der Waals surface area contributed by atoms with Crippen LogP contribution in [0.2, 0.25) is 0 Å². The van der Waals surface area contributed by atoms with Gasteiger partial charge in [-0.25, -0.2) is 14.6 Å². The molecule has 12 heteroatoms. The third-order valence-electron chi connectivity index (χ3n) is 8.43. The average molecular weight is 569 g/mol. The highest BCUT2D eigenvalue weighted by Gasteiger charge is 2.52. The van der Waals surface area contributed by atoms with Crippen molar-refractivity contribution in [1.29, 1.82) is 0 Å². The Kier molecular flexibility index (Phi) is 6.70. The van der Waals surface area contributed by atoms with Crippen LogP contribution in [-0.4, -0.2) is 57.1 Å². The van der Waals surface area contributed by atoms with Gasteiger partial charge in [0.05, 0.1) is 11.2 Å². The molecule has 4 aromatic rings. The molecule has 11 nitrogen and oxygen atoms in total. The number of aryl methyl sites for hydroxylation is 1. The van der Waals surface area contributed by atoms with Gasteiger partial charge in [-0.1, -0.05) is 48.5 Å². The van der Waals surface area contributed by atoms with Crippen molar-refractivity contribution in [3.63, 3.8) is 0 Å². The van der Waals surface area contributed by atoms with E-state index in [0.717, 1.165) is 22.3 Å². The van der Waals surface area contributed by atoms with Crippen molar-refractivity contribution in [2.24, 2.45) is 7.05 Å². The number of nitrogens with one attached hydrogen (secondary N) is 3. The Hall–Kier alpha value is -4.42. The molecule has 0 atom stereocenters. The van der Waals surface area contributed by atoms with E-state index in [4.69, 9.17) is 14.0 Å². The third-order valence-corrected chi connectivity index (χ3v) is 8.43. The fourth-order valence-electron chi connectivity index (χ4n) is 5.39. The second-order valence-corrected chi connectivity index (χ2v) is 11.6. The molecule has 2 aromatic carbocycles. The largest absolute Gasteiger partial charge is 0.492 e. The number of amides is 1. The van der Waals surface area contributed by atoms with Crippen LogP contribution in [-0.2, 0) is 21.1 Å². The average Bonchev–Trinajstić information content (AvgIpc) is 3.58. The van der Waals surface area contributed by atoms with Gasteiger partial charge in [-0.2, -0.15) is 0 Å². The van der Waals surface area contributed by atoms with Crippen molar-refractivity contribution in [3.05, 3.63) is 91.8 Å². The molecule has 3 heterocycles. The van der Waals surface area contributed by atoms with Gasteiger partial charge in [-0.05, 0) is 61.5 Å². The fourth-order valence-corrected chi connectivity index (χ4v) is 5.39. The minimum absolute atomic E-state index is 0.0276. The second kappa shape index (κ2) is 10.1. The second-order valence-electron chi connectivity index (χ2n) is 11.6. The number of benzene rings is 2. The van der Waals surface area contributed by atoms with Gasteiger partial charge in [-0.3, -0.25) is 14.3 Å². The number of fused-ring (bicyclic) bond motifs is 4. The number of hydrogen-bond donors (Lipinski definition) is 3. The Morgan fingerprint density at radius 1 is 1.02 bits per heavy atom. The van der Waals surface area contributed by atoms with Crippen LogP contribution in [0.3, 0.4) is 0 Å². The van der Waals surface area contributed by atoms with Crippen molar-refractivity contribution in [2.45, 2.75) is 44.8 Å². The Labute approximate surface area is 242 Å². The van der Waals surface area contributed by atoms with Crippen molar-refractivity contribution >= 4 is 30.5 Å². The van der Waals surface area contributed by atoms with Crippen molar-refractivity contribution < 1.29 is 18.8 Å². The lowest BCUT2D eigenvalue weighted by Crippen LogP contribution is -2.41. The molecule has 0 spiro atoms. The zero-order chi connectivity index (χ0) is 29.8. The molecule has 216 valence electrons. The first-order chi connectivity index (χ1) is 19.9. The summed E-state index contributed by atoms with van der Waals surface area (Å²) in [6, 6.07) is 16.3. The molecular formula is C30H32BN5O6. The SMILES string of the molecule is Cn1c(=O)[nH]c(=O)c2[nH]c(C=C(CNC(=O)OCC3c4ccccc4-c4ccccc43)B3OC(C)(C)C(C)(C)O3)nc21. The molecule has 0 saturated carbocycles. The van der Waals surface area contributed by atoms with E-state index in [1.165, 1.54) is 11.6 Å². The van der Waals surface area contributed by atoms with Gasteiger partial charge in [0.1, 0.15) is 17.9 Å². The minimum Gasteiger partial charge on any atom is -0.449 e. The number of carbonyl (C=O) groups excluding carboxylic acids is 1. The minimum atomic E-state index is -0.806. The summed E-state index contributed by atoms with van der Waals surface area (Å²) >= 11 is 0. The lowest BCUT2D eigenvalue weighted by molar-refractivity contribution is 0.00578. The maximum atomic E-state index is 13.0. The molecule has 1 fully saturated rings. The normalized spacial score (nSPS) is 17.4. The number of rotatable bonds is 6. The lowest BCUT2D eigenvalue weighted by atomic mass is 9.77. The summed E-state index contributed by atoms with van der Waals surface area (Å²) < 4.78 is 19.4. The van der Waals surface area contributed by atoms with Crippen molar-refractivity contribution in [3.8, 4) is 11.1 Å². The maximum Gasteiger partial charge on any atom is 0.492 e. The number of nitrogens with zero attached hydrogens (tertiary/aromatic N) is 2. The molecule has 0 bridgehead atoms. The number of aromatic nitrogens is 4. The number of hydrogen-bond acceptors (Lipinski definition) is 7. The number of carbonyl (C=O) groups is 1. The van der Waals surface area contributed by atoms with E-state index < -0.39 is 35.7 Å². The summed E-state index contributed by atoms with van der Waals surface area (Å²) in [6.07, 6.45) is 1.05. The molecule has 1 aliphatic carbocycles. The van der Waals surface area contributed by atoms with E-state index in [9.17, 15) is 14.4 Å². The predicted molar refractivity (Wildman–Crippen MR) is 159 cm³/mol. The number of aromatic amines is 2. The Bertz CT molecular complexity index is 1790. The molecule has 1 saturated heterocycles. The quantitative estimate of drug-likeness (QED) is 0.302. The maximum absolute atomic E-state index is 13.0. The summed E-state index contributed by atoms with van der Waals surface area (Å²) in [7, 11) is 0.710. The van der Waals surface area contributed by atoms with E-state index in [-0.39, 0.29) is 30.2 Å². The number of ether oxygens (including phenoxy) is 1. The number of H-pyrrole nitrogens is 2. The molecule has 3 N–H and O–H groups in total. The first kappa shape index (κ1) is 27.7. The highest BCUT2D eigenvalue weighted by molar-refractivity contribution is 6.56. The topological polar surface area (TPSA) is 140 Å².